The quantitative estimate of drug-likeness (QED) is 0.687. The van der Waals surface area contributed by atoms with Crippen molar-refractivity contribution in [2.75, 3.05) is 22.7 Å². The highest BCUT2D eigenvalue weighted by atomic mass is 32.2. The molecule has 1 saturated heterocycles. The summed E-state index contributed by atoms with van der Waals surface area (Å²) in [5.41, 5.74) is 2.68. The highest BCUT2D eigenvalue weighted by Crippen LogP contribution is 2.31. The number of hydrogen-bond donors (Lipinski definition) is 2. The molecule has 0 unspecified atom stereocenters. The fraction of sp³-hybridized carbons (Fsp3) is 0.435. The van der Waals surface area contributed by atoms with Gasteiger partial charge in [0, 0.05) is 24.7 Å². The number of benzene rings is 2. The monoisotopic (exact) mass is 429 g/mol. The standard InChI is InChI=1S/C23H31N3O3S/c1-4-18(3)24-23(27)19-10-13-22(26-14-6-5-7-15-26)21(16-19)25-30(28,29)20-11-8-17(2)9-12-20/h8-13,16,18,25H,4-7,14-15H2,1-3H3,(H,24,27)/t18-/m0/s1. The minimum absolute atomic E-state index is 0.0481. The van der Waals surface area contributed by atoms with E-state index in [1.54, 1.807) is 36.4 Å². The molecule has 1 atom stereocenters. The van der Waals surface area contributed by atoms with E-state index in [1.165, 1.54) is 6.42 Å². The van der Waals surface area contributed by atoms with E-state index in [-0.39, 0.29) is 16.8 Å². The molecule has 2 aromatic carbocycles. The lowest BCUT2D eigenvalue weighted by atomic mass is 10.1. The molecule has 2 aromatic rings. The third kappa shape index (κ3) is 5.33. The Bertz CT molecular complexity index is 981. The van der Waals surface area contributed by atoms with Gasteiger partial charge in [0.1, 0.15) is 0 Å². The third-order valence-electron chi connectivity index (χ3n) is 5.52. The summed E-state index contributed by atoms with van der Waals surface area (Å²) in [6.45, 7) is 7.61. The van der Waals surface area contributed by atoms with Crippen LogP contribution in [0, 0.1) is 6.92 Å². The van der Waals surface area contributed by atoms with Crippen LogP contribution in [0.5, 0.6) is 0 Å². The molecule has 0 spiro atoms. The average Bonchev–Trinajstić information content (AvgIpc) is 2.74. The minimum atomic E-state index is -3.77. The van der Waals surface area contributed by atoms with Gasteiger partial charge in [0.25, 0.3) is 15.9 Å². The summed E-state index contributed by atoms with van der Waals surface area (Å²) in [6.07, 6.45) is 4.14. The number of aryl methyl sites for hydroxylation is 1. The fourth-order valence-corrected chi connectivity index (χ4v) is 4.57. The Balaban J connectivity index is 1.96. The minimum Gasteiger partial charge on any atom is -0.370 e. The molecule has 30 heavy (non-hydrogen) atoms. The van der Waals surface area contributed by atoms with Gasteiger partial charge in [-0.05, 0) is 69.9 Å². The molecule has 162 valence electrons. The van der Waals surface area contributed by atoms with Gasteiger partial charge >= 0.3 is 0 Å². The molecule has 0 saturated carbocycles. The van der Waals surface area contributed by atoms with Gasteiger partial charge in [0.2, 0.25) is 0 Å². The van der Waals surface area contributed by atoms with Crippen molar-refractivity contribution in [3.63, 3.8) is 0 Å². The van der Waals surface area contributed by atoms with Crippen molar-refractivity contribution in [1.29, 1.82) is 0 Å². The number of nitrogens with zero attached hydrogens (tertiary/aromatic N) is 1. The number of carbonyl (C=O) groups is 1. The SMILES string of the molecule is CC[C@H](C)NC(=O)c1ccc(N2CCCCC2)c(NS(=O)(=O)c2ccc(C)cc2)c1. The van der Waals surface area contributed by atoms with Crippen LogP contribution in [0.2, 0.25) is 0 Å². The van der Waals surface area contributed by atoms with Crippen molar-refractivity contribution in [3.8, 4) is 0 Å². The Kier molecular flexibility index (Phi) is 7.02. The number of hydrogen-bond acceptors (Lipinski definition) is 4. The number of carbonyl (C=O) groups excluding carboxylic acids is 1. The largest absolute Gasteiger partial charge is 0.370 e. The van der Waals surface area contributed by atoms with Gasteiger partial charge in [-0.3, -0.25) is 9.52 Å². The second kappa shape index (κ2) is 9.51. The van der Waals surface area contributed by atoms with Gasteiger partial charge in [-0.15, -0.1) is 0 Å². The molecule has 3 rings (SSSR count). The van der Waals surface area contributed by atoms with Gasteiger partial charge in [0.15, 0.2) is 0 Å². The fourth-order valence-electron chi connectivity index (χ4n) is 3.50. The number of nitrogens with one attached hydrogen (secondary N) is 2. The van der Waals surface area contributed by atoms with Crippen LogP contribution >= 0.6 is 0 Å². The van der Waals surface area contributed by atoms with Gasteiger partial charge in [0.05, 0.1) is 16.3 Å². The molecule has 1 fully saturated rings. The molecular formula is C23H31N3O3S. The molecule has 0 bridgehead atoms. The van der Waals surface area contributed by atoms with Crippen molar-refractivity contribution < 1.29 is 13.2 Å². The molecule has 7 heteroatoms. The highest BCUT2D eigenvalue weighted by molar-refractivity contribution is 7.92. The normalized spacial score (nSPS) is 15.5. The lowest BCUT2D eigenvalue weighted by Gasteiger charge is -2.31. The van der Waals surface area contributed by atoms with Gasteiger partial charge in [-0.2, -0.15) is 0 Å². The van der Waals surface area contributed by atoms with Crippen molar-refractivity contribution in [2.45, 2.75) is 57.4 Å². The van der Waals surface area contributed by atoms with Gasteiger partial charge in [-0.1, -0.05) is 24.6 Å². The van der Waals surface area contributed by atoms with Crippen molar-refractivity contribution >= 4 is 27.3 Å². The molecule has 1 aliphatic rings. The molecule has 0 radical (unpaired) electrons. The lowest BCUT2D eigenvalue weighted by Crippen LogP contribution is -2.33. The van der Waals surface area contributed by atoms with Crippen LogP contribution in [0.3, 0.4) is 0 Å². The number of anilines is 2. The maximum atomic E-state index is 13.0. The molecule has 1 heterocycles. The van der Waals surface area contributed by atoms with Crippen molar-refractivity contribution in [1.82, 2.24) is 5.32 Å². The Labute approximate surface area is 179 Å². The summed E-state index contributed by atoms with van der Waals surface area (Å²) in [4.78, 5) is 15.0. The van der Waals surface area contributed by atoms with E-state index in [0.29, 0.717) is 11.3 Å². The summed E-state index contributed by atoms with van der Waals surface area (Å²) >= 11 is 0. The zero-order valence-electron chi connectivity index (χ0n) is 17.9. The Morgan fingerprint density at radius 2 is 1.73 bits per heavy atom. The summed E-state index contributed by atoms with van der Waals surface area (Å²) in [5, 5.41) is 2.94. The zero-order chi connectivity index (χ0) is 21.7. The number of rotatable bonds is 7. The summed E-state index contributed by atoms with van der Waals surface area (Å²) in [7, 11) is -3.77. The Hall–Kier alpha value is -2.54. The number of amides is 1. The lowest BCUT2D eigenvalue weighted by molar-refractivity contribution is 0.0939. The van der Waals surface area contributed by atoms with Gasteiger partial charge in [-0.25, -0.2) is 8.42 Å². The third-order valence-corrected chi connectivity index (χ3v) is 6.90. The predicted octanol–water partition coefficient (Wildman–Crippen LogP) is 4.31. The molecule has 2 N–H and O–H groups in total. The van der Waals surface area contributed by atoms with Crippen LogP contribution in [0.1, 0.15) is 55.5 Å². The van der Waals surface area contributed by atoms with Crippen LogP contribution < -0.4 is 14.9 Å². The van der Waals surface area contributed by atoms with Crippen LogP contribution in [0.25, 0.3) is 0 Å². The second-order valence-corrected chi connectivity index (χ2v) is 9.66. The first-order chi connectivity index (χ1) is 14.3. The van der Waals surface area contributed by atoms with Crippen LogP contribution in [-0.4, -0.2) is 33.5 Å². The summed E-state index contributed by atoms with van der Waals surface area (Å²) in [5.74, 6) is -0.203. The van der Waals surface area contributed by atoms with E-state index in [2.05, 4.69) is 14.9 Å². The predicted molar refractivity (Wildman–Crippen MR) is 122 cm³/mol. The van der Waals surface area contributed by atoms with E-state index in [0.717, 1.165) is 43.6 Å². The molecule has 1 aliphatic heterocycles. The van der Waals surface area contributed by atoms with E-state index in [9.17, 15) is 13.2 Å². The van der Waals surface area contributed by atoms with Crippen molar-refractivity contribution in [3.05, 3.63) is 53.6 Å². The molecular weight excluding hydrogens is 398 g/mol. The van der Waals surface area contributed by atoms with E-state index in [1.807, 2.05) is 26.8 Å². The molecule has 0 aromatic heterocycles. The van der Waals surface area contributed by atoms with E-state index < -0.39 is 10.0 Å². The summed E-state index contributed by atoms with van der Waals surface area (Å²) in [6, 6.07) is 12.1. The van der Waals surface area contributed by atoms with Crippen LogP contribution in [0.4, 0.5) is 11.4 Å². The van der Waals surface area contributed by atoms with Crippen molar-refractivity contribution in [2.24, 2.45) is 0 Å². The number of piperidine rings is 1. The smallest absolute Gasteiger partial charge is 0.261 e. The van der Waals surface area contributed by atoms with Crippen LogP contribution in [0.15, 0.2) is 47.4 Å². The average molecular weight is 430 g/mol. The maximum Gasteiger partial charge on any atom is 0.261 e. The molecule has 6 nitrogen and oxygen atoms in total. The molecule has 1 amide bonds. The zero-order valence-corrected chi connectivity index (χ0v) is 18.8. The first-order valence-corrected chi connectivity index (χ1v) is 12.1. The summed E-state index contributed by atoms with van der Waals surface area (Å²) < 4.78 is 28.8. The first-order valence-electron chi connectivity index (χ1n) is 10.6. The first kappa shape index (κ1) is 22.2. The van der Waals surface area contributed by atoms with E-state index >= 15 is 0 Å². The van der Waals surface area contributed by atoms with E-state index in [4.69, 9.17) is 0 Å². The van der Waals surface area contributed by atoms with Crippen LogP contribution in [-0.2, 0) is 10.0 Å². The topological polar surface area (TPSA) is 78.5 Å². The van der Waals surface area contributed by atoms with Gasteiger partial charge < -0.3 is 10.2 Å². The highest BCUT2D eigenvalue weighted by Gasteiger charge is 2.21. The Morgan fingerprint density at radius 1 is 1.07 bits per heavy atom. The Morgan fingerprint density at radius 3 is 2.37 bits per heavy atom. The second-order valence-electron chi connectivity index (χ2n) is 7.98. The number of sulfonamides is 1. The maximum absolute atomic E-state index is 13.0. The molecule has 0 aliphatic carbocycles.